The minimum absolute atomic E-state index is 0. The Morgan fingerprint density at radius 3 is 2.67 bits per heavy atom. The molecule has 0 radical (unpaired) electrons. The summed E-state index contributed by atoms with van der Waals surface area (Å²) in [6.07, 6.45) is 0.880. The maximum atomic E-state index is 8.98. The van der Waals surface area contributed by atoms with Crippen LogP contribution in [0.25, 0.3) is 0 Å². The summed E-state index contributed by atoms with van der Waals surface area (Å²) in [4.78, 5) is 4.60. The van der Waals surface area contributed by atoms with E-state index >= 15 is 0 Å². The van der Waals surface area contributed by atoms with E-state index in [0.717, 1.165) is 42.3 Å². The van der Waals surface area contributed by atoms with Crippen LogP contribution in [-0.4, -0.2) is 26.2 Å². The minimum atomic E-state index is 0. The highest BCUT2D eigenvalue weighted by Gasteiger charge is 2.02. The molecule has 0 aliphatic rings. The van der Waals surface area contributed by atoms with E-state index in [9.17, 15) is 0 Å². The van der Waals surface area contributed by atoms with E-state index in [4.69, 9.17) is 10.00 Å². The van der Waals surface area contributed by atoms with E-state index in [1.165, 1.54) is 5.56 Å². The Kier molecular flexibility index (Phi) is 10.3. The number of hydrogen-bond acceptors (Lipinski definition) is 3. The number of benzene rings is 2. The first kappa shape index (κ1) is 22.8. The molecule has 0 saturated carbocycles. The smallest absolute Gasteiger partial charge is 0.191 e. The molecule has 5 nitrogen and oxygen atoms in total. The lowest BCUT2D eigenvalue weighted by Crippen LogP contribution is -2.38. The third-order valence-electron chi connectivity index (χ3n) is 4.00. The number of methoxy groups -OCH3 is 1. The van der Waals surface area contributed by atoms with Crippen LogP contribution in [0.5, 0.6) is 5.75 Å². The van der Waals surface area contributed by atoms with Crippen LogP contribution in [-0.2, 0) is 13.0 Å². The monoisotopic (exact) mass is 478 g/mol. The molecule has 27 heavy (non-hydrogen) atoms. The molecule has 0 atom stereocenters. The van der Waals surface area contributed by atoms with E-state index in [2.05, 4.69) is 39.9 Å². The van der Waals surface area contributed by atoms with Gasteiger partial charge in [-0.25, -0.2) is 4.99 Å². The van der Waals surface area contributed by atoms with Crippen molar-refractivity contribution in [2.24, 2.45) is 4.99 Å². The molecule has 0 amide bonds. The number of nitrogens with one attached hydrogen (secondary N) is 2. The van der Waals surface area contributed by atoms with Crippen molar-refractivity contribution in [1.29, 1.82) is 5.26 Å². The van der Waals surface area contributed by atoms with E-state index in [0.29, 0.717) is 12.1 Å². The van der Waals surface area contributed by atoms with Crippen molar-refractivity contribution in [2.45, 2.75) is 26.8 Å². The maximum absolute atomic E-state index is 8.98. The fourth-order valence-corrected chi connectivity index (χ4v) is 2.60. The highest BCUT2D eigenvalue weighted by Crippen LogP contribution is 2.19. The van der Waals surface area contributed by atoms with Crippen LogP contribution >= 0.6 is 24.0 Å². The van der Waals surface area contributed by atoms with Crippen molar-refractivity contribution in [3.8, 4) is 11.8 Å². The number of nitrogens with zero attached hydrogens (tertiary/aromatic N) is 2. The van der Waals surface area contributed by atoms with Gasteiger partial charge in [0.25, 0.3) is 0 Å². The largest absolute Gasteiger partial charge is 0.496 e. The summed E-state index contributed by atoms with van der Waals surface area (Å²) in [5.41, 5.74) is 4.03. The number of aliphatic imine (C=N–C) groups is 1. The van der Waals surface area contributed by atoms with Crippen molar-refractivity contribution in [3.05, 3.63) is 64.7 Å². The predicted molar refractivity (Wildman–Crippen MR) is 121 cm³/mol. The molecule has 0 spiro atoms. The summed E-state index contributed by atoms with van der Waals surface area (Å²) in [7, 11) is 1.70. The van der Waals surface area contributed by atoms with Crippen LogP contribution < -0.4 is 15.4 Å². The Balaban J connectivity index is 0.00000364. The number of ether oxygens (including phenoxy) is 1. The van der Waals surface area contributed by atoms with Gasteiger partial charge in [-0.2, -0.15) is 5.26 Å². The van der Waals surface area contributed by atoms with E-state index in [1.807, 2.05) is 32.0 Å². The van der Waals surface area contributed by atoms with Gasteiger partial charge in [0.15, 0.2) is 5.96 Å². The molecule has 0 aliphatic heterocycles. The first-order chi connectivity index (χ1) is 12.7. The van der Waals surface area contributed by atoms with Gasteiger partial charge >= 0.3 is 0 Å². The highest BCUT2D eigenvalue weighted by molar-refractivity contribution is 14.0. The number of guanidine groups is 1. The van der Waals surface area contributed by atoms with Gasteiger partial charge in [-0.15, -0.1) is 24.0 Å². The molecule has 0 bridgehead atoms. The van der Waals surface area contributed by atoms with Gasteiger partial charge in [-0.1, -0.05) is 24.3 Å². The highest BCUT2D eigenvalue weighted by atomic mass is 127. The molecule has 2 rings (SSSR count). The Morgan fingerprint density at radius 1 is 1.15 bits per heavy atom. The quantitative estimate of drug-likeness (QED) is 0.361. The first-order valence-electron chi connectivity index (χ1n) is 8.81. The predicted octanol–water partition coefficient (Wildman–Crippen LogP) is 3.79. The maximum Gasteiger partial charge on any atom is 0.191 e. The lowest BCUT2D eigenvalue weighted by molar-refractivity contribution is 0.411. The molecule has 144 valence electrons. The van der Waals surface area contributed by atoms with Crippen molar-refractivity contribution < 1.29 is 4.74 Å². The zero-order valence-electron chi connectivity index (χ0n) is 16.1. The number of rotatable bonds is 7. The van der Waals surface area contributed by atoms with Gasteiger partial charge in [0, 0.05) is 13.1 Å². The molecule has 2 aromatic rings. The Bertz CT molecular complexity index is 799. The van der Waals surface area contributed by atoms with Crippen LogP contribution in [0.15, 0.2) is 47.5 Å². The molecule has 0 aromatic heterocycles. The van der Waals surface area contributed by atoms with Crippen LogP contribution in [0.2, 0.25) is 0 Å². The standard InChI is InChI=1S/C21H26N4O.HI/c1-4-23-21(25-15-19-7-5-6-18(12-19)14-22)24-11-10-17-9-8-16(2)20(13-17)26-3;/h5-9,12-13H,4,10-11,15H2,1-3H3,(H2,23,24,25);1H. The molecule has 0 unspecified atom stereocenters. The third-order valence-corrected chi connectivity index (χ3v) is 4.00. The number of aryl methyl sites for hydroxylation is 1. The van der Waals surface area contributed by atoms with Gasteiger partial charge in [0.05, 0.1) is 25.3 Å². The van der Waals surface area contributed by atoms with Crippen molar-refractivity contribution >= 4 is 29.9 Å². The zero-order valence-corrected chi connectivity index (χ0v) is 18.4. The Hall–Kier alpha value is -2.27. The fraction of sp³-hybridized carbons (Fsp3) is 0.333. The molecule has 0 saturated heterocycles. The second-order valence-electron chi connectivity index (χ2n) is 5.99. The average molecular weight is 478 g/mol. The van der Waals surface area contributed by atoms with Gasteiger partial charge < -0.3 is 15.4 Å². The molecule has 2 aromatic carbocycles. The summed E-state index contributed by atoms with van der Waals surface area (Å²) in [6.45, 7) is 6.18. The van der Waals surface area contributed by atoms with Crippen LogP contribution in [0.4, 0.5) is 0 Å². The lowest BCUT2D eigenvalue weighted by atomic mass is 10.1. The summed E-state index contributed by atoms with van der Waals surface area (Å²) in [6, 6.07) is 16.0. The van der Waals surface area contributed by atoms with Gasteiger partial charge in [-0.3, -0.25) is 0 Å². The Labute approximate surface area is 178 Å². The number of halogens is 1. The van der Waals surface area contributed by atoms with Crippen molar-refractivity contribution in [1.82, 2.24) is 10.6 Å². The zero-order chi connectivity index (χ0) is 18.8. The van der Waals surface area contributed by atoms with Crippen LogP contribution in [0.1, 0.15) is 29.2 Å². The number of nitriles is 1. The van der Waals surface area contributed by atoms with Crippen LogP contribution in [0.3, 0.4) is 0 Å². The van der Waals surface area contributed by atoms with Crippen LogP contribution in [0, 0.1) is 18.3 Å². The summed E-state index contributed by atoms with van der Waals surface area (Å²) in [5, 5.41) is 15.6. The Morgan fingerprint density at radius 2 is 1.96 bits per heavy atom. The van der Waals surface area contributed by atoms with E-state index in [-0.39, 0.29) is 24.0 Å². The average Bonchev–Trinajstić information content (AvgIpc) is 2.67. The third kappa shape index (κ3) is 7.47. The first-order valence-corrected chi connectivity index (χ1v) is 8.81. The molecule has 0 heterocycles. The topological polar surface area (TPSA) is 69.4 Å². The number of hydrogen-bond donors (Lipinski definition) is 2. The lowest BCUT2D eigenvalue weighted by Gasteiger charge is -2.12. The molecule has 6 heteroatoms. The molecule has 2 N–H and O–H groups in total. The molecule has 0 aliphatic carbocycles. The summed E-state index contributed by atoms with van der Waals surface area (Å²) < 4.78 is 5.38. The van der Waals surface area contributed by atoms with Gasteiger partial charge in [-0.05, 0) is 55.2 Å². The second-order valence-corrected chi connectivity index (χ2v) is 5.99. The van der Waals surface area contributed by atoms with E-state index < -0.39 is 0 Å². The second kappa shape index (κ2) is 12.2. The van der Waals surface area contributed by atoms with Crippen molar-refractivity contribution in [2.75, 3.05) is 20.2 Å². The molecular formula is C21H27IN4O. The molecule has 0 fully saturated rings. The van der Waals surface area contributed by atoms with Crippen molar-refractivity contribution in [3.63, 3.8) is 0 Å². The fourth-order valence-electron chi connectivity index (χ4n) is 2.60. The summed E-state index contributed by atoms with van der Waals surface area (Å²) >= 11 is 0. The van der Waals surface area contributed by atoms with Gasteiger partial charge in [0.2, 0.25) is 0 Å². The minimum Gasteiger partial charge on any atom is -0.496 e. The SMILES string of the molecule is CCNC(=NCc1cccc(C#N)c1)NCCc1ccc(C)c(OC)c1.I. The van der Waals surface area contributed by atoms with E-state index in [1.54, 1.807) is 13.2 Å². The summed E-state index contributed by atoms with van der Waals surface area (Å²) in [5.74, 6) is 1.69. The van der Waals surface area contributed by atoms with Gasteiger partial charge in [0.1, 0.15) is 5.75 Å². The molecular weight excluding hydrogens is 451 g/mol. The normalized spacial score (nSPS) is 10.5.